The first-order chi connectivity index (χ1) is 8.56. The fourth-order valence-electron chi connectivity index (χ4n) is 1.41. The average Bonchev–Trinajstić information content (AvgIpc) is 2.34. The van der Waals surface area contributed by atoms with E-state index >= 15 is 0 Å². The molecule has 0 radical (unpaired) electrons. The van der Waals surface area contributed by atoms with Gasteiger partial charge in [-0.15, -0.1) is 0 Å². The van der Waals surface area contributed by atoms with Crippen molar-refractivity contribution < 1.29 is 9.72 Å². The first kappa shape index (κ1) is 14.4. The minimum absolute atomic E-state index is 0.0112. The van der Waals surface area contributed by atoms with Gasteiger partial charge in [-0.05, 0) is 31.5 Å². The lowest BCUT2D eigenvalue weighted by Gasteiger charge is -2.05. The maximum absolute atomic E-state index is 11.8. The molecule has 0 saturated heterocycles. The van der Waals surface area contributed by atoms with Crippen LogP contribution in [-0.2, 0) is 0 Å². The number of carbonyl (C=O) groups is 1. The van der Waals surface area contributed by atoms with Crippen LogP contribution in [0.25, 0.3) is 0 Å². The van der Waals surface area contributed by atoms with Gasteiger partial charge in [0.1, 0.15) is 5.56 Å². The normalized spacial score (nSPS) is 10.1. The SMILES string of the molecule is NCCCCNC(=O)c1ccc(Cl)cc1[N+](=O)[O-]. The number of hydrogen-bond donors (Lipinski definition) is 2. The molecule has 3 N–H and O–H groups in total. The highest BCUT2D eigenvalue weighted by Crippen LogP contribution is 2.22. The fraction of sp³-hybridized carbons (Fsp3) is 0.364. The summed E-state index contributed by atoms with van der Waals surface area (Å²) in [5, 5.41) is 13.6. The van der Waals surface area contributed by atoms with E-state index in [4.69, 9.17) is 17.3 Å². The number of hydrogen-bond acceptors (Lipinski definition) is 4. The van der Waals surface area contributed by atoms with Crippen LogP contribution in [0, 0.1) is 10.1 Å². The van der Waals surface area contributed by atoms with Crippen molar-refractivity contribution >= 4 is 23.2 Å². The summed E-state index contributed by atoms with van der Waals surface area (Å²) in [6.45, 7) is 0.993. The Hall–Kier alpha value is -1.66. The van der Waals surface area contributed by atoms with Gasteiger partial charge < -0.3 is 11.1 Å². The summed E-state index contributed by atoms with van der Waals surface area (Å²) in [6, 6.07) is 3.96. The Morgan fingerprint density at radius 3 is 2.78 bits per heavy atom. The van der Waals surface area contributed by atoms with Gasteiger partial charge in [-0.2, -0.15) is 0 Å². The minimum atomic E-state index is -0.624. The van der Waals surface area contributed by atoms with Crippen molar-refractivity contribution in [3.8, 4) is 0 Å². The summed E-state index contributed by atoms with van der Waals surface area (Å²) >= 11 is 5.66. The number of nitro groups is 1. The summed E-state index contributed by atoms with van der Waals surface area (Å²) in [7, 11) is 0. The van der Waals surface area contributed by atoms with Crippen LogP contribution in [0.1, 0.15) is 23.2 Å². The summed E-state index contributed by atoms with van der Waals surface area (Å²) in [6.07, 6.45) is 1.53. The van der Waals surface area contributed by atoms with E-state index in [0.29, 0.717) is 13.1 Å². The zero-order valence-corrected chi connectivity index (χ0v) is 10.4. The Morgan fingerprint density at radius 1 is 1.44 bits per heavy atom. The molecule has 18 heavy (non-hydrogen) atoms. The predicted octanol–water partition coefficient (Wildman–Crippen LogP) is 1.72. The number of benzene rings is 1. The fourth-order valence-corrected chi connectivity index (χ4v) is 1.58. The van der Waals surface area contributed by atoms with Gasteiger partial charge in [0.05, 0.1) is 4.92 Å². The molecular formula is C11H14ClN3O3. The second-order valence-electron chi connectivity index (χ2n) is 3.67. The second-order valence-corrected chi connectivity index (χ2v) is 4.11. The van der Waals surface area contributed by atoms with Gasteiger partial charge >= 0.3 is 0 Å². The molecular weight excluding hydrogens is 258 g/mol. The first-order valence-corrected chi connectivity index (χ1v) is 5.86. The van der Waals surface area contributed by atoms with E-state index in [1.165, 1.54) is 12.1 Å². The highest BCUT2D eigenvalue weighted by atomic mass is 35.5. The summed E-state index contributed by atoms with van der Waals surface area (Å²) in [4.78, 5) is 21.9. The van der Waals surface area contributed by atoms with Crippen molar-refractivity contribution in [2.24, 2.45) is 5.73 Å². The van der Waals surface area contributed by atoms with E-state index < -0.39 is 10.8 Å². The van der Waals surface area contributed by atoms with Crippen molar-refractivity contribution in [3.63, 3.8) is 0 Å². The van der Waals surface area contributed by atoms with Gasteiger partial charge in [-0.3, -0.25) is 14.9 Å². The molecule has 0 unspecified atom stereocenters. The molecule has 1 rings (SSSR count). The quantitative estimate of drug-likeness (QED) is 0.467. The number of nitrogens with two attached hydrogens (primary N) is 1. The standard InChI is InChI=1S/C11H14ClN3O3/c12-8-3-4-9(10(7-8)15(17)18)11(16)14-6-2-1-5-13/h3-4,7H,1-2,5-6,13H2,(H,14,16). The van der Waals surface area contributed by atoms with Gasteiger partial charge in [-0.25, -0.2) is 0 Å². The van der Waals surface area contributed by atoms with Gasteiger partial charge in [0, 0.05) is 17.6 Å². The third-order valence-electron chi connectivity index (χ3n) is 2.32. The molecule has 1 amide bonds. The number of rotatable bonds is 6. The van der Waals surface area contributed by atoms with E-state index in [1.807, 2.05) is 0 Å². The minimum Gasteiger partial charge on any atom is -0.352 e. The van der Waals surface area contributed by atoms with E-state index in [9.17, 15) is 14.9 Å². The van der Waals surface area contributed by atoms with Gasteiger partial charge in [0.25, 0.3) is 11.6 Å². The number of carbonyl (C=O) groups excluding carboxylic acids is 1. The van der Waals surface area contributed by atoms with E-state index in [0.717, 1.165) is 18.9 Å². The third-order valence-corrected chi connectivity index (χ3v) is 2.55. The van der Waals surface area contributed by atoms with E-state index in [1.54, 1.807) is 0 Å². The zero-order chi connectivity index (χ0) is 13.5. The lowest BCUT2D eigenvalue weighted by atomic mass is 10.1. The highest BCUT2D eigenvalue weighted by molar-refractivity contribution is 6.31. The zero-order valence-electron chi connectivity index (χ0n) is 9.69. The highest BCUT2D eigenvalue weighted by Gasteiger charge is 2.19. The van der Waals surface area contributed by atoms with Crippen molar-refractivity contribution in [2.75, 3.05) is 13.1 Å². The molecule has 0 bridgehead atoms. The largest absolute Gasteiger partial charge is 0.352 e. The predicted molar refractivity (Wildman–Crippen MR) is 68.7 cm³/mol. The van der Waals surface area contributed by atoms with Crippen LogP contribution in [0.4, 0.5) is 5.69 Å². The number of halogens is 1. The van der Waals surface area contributed by atoms with E-state index in [2.05, 4.69) is 5.32 Å². The van der Waals surface area contributed by atoms with Crippen LogP contribution in [0.2, 0.25) is 5.02 Å². The topological polar surface area (TPSA) is 98.3 Å². The Labute approximate surface area is 109 Å². The lowest BCUT2D eigenvalue weighted by molar-refractivity contribution is -0.385. The molecule has 1 aromatic carbocycles. The molecule has 0 aliphatic carbocycles. The summed E-state index contributed by atoms with van der Waals surface area (Å²) < 4.78 is 0. The van der Waals surface area contributed by atoms with E-state index in [-0.39, 0.29) is 16.3 Å². The molecule has 0 aromatic heterocycles. The van der Waals surface area contributed by atoms with Gasteiger partial charge in [0.2, 0.25) is 0 Å². The van der Waals surface area contributed by atoms with Crippen LogP contribution >= 0.6 is 11.6 Å². The van der Waals surface area contributed by atoms with Crippen LogP contribution < -0.4 is 11.1 Å². The van der Waals surface area contributed by atoms with Crippen LogP contribution in [0.3, 0.4) is 0 Å². The maximum Gasteiger partial charge on any atom is 0.283 e. The molecule has 98 valence electrons. The van der Waals surface area contributed by atoms with Crippen LogP contribution in [0.15, 0.2) is 18.2 Å². The molecule has 6 nitrogen and oxygen atoms in total. The van der Waals surface area contributed by atoms with Crippen molar-refractivity contribution in [1.82, 2.24) is 5.32 Å². The van der Waals surface area contributed by atoms with Crippen molar-refractivity contribution in [2.45, 2.75) is 12.8 Å². The Morgan fingerprint density at radius 2 is 2.17 bits per heavy atom. The Balaban J connectivity index is 2.76. The van der Waals surface area contributed by atoms with Gasteiger partial charge in [-0.1, -0.05) is 11.6 Å². The van der Waals surface area contributed by atoms with Crippen molar-refractivity contribution in [3.05, 3.63) is 38.9 Å². The van der Waals surface area contributed by atoms with Gasteiger partial charge in [0.15, 0.2) is 0 Å². The molecule has 0 atom stereocenters. The first-order valence-electron chi connectivity index (χ1n) is 5.48. The number of nitrogens with one attached hydrogen (secondary N) is 1. The molecule has 7 heteroatoms. The molecule has 0 heterocycles. The summed E-state index contributed by atoms with van der Waals surface area (Å²) in [5.74, 6) is -0.476. The third kappa shape index (κ3) is 3.97. The molecule has 0 aliphatic heterocycles. The second kappa shape index (κ2) is 6.93. The van der Waals surface area contributed by atoms with Crippen LogP contribution in [0.5, 0.6) is 0 Å². The Kier molecular flexibility index (Phi) is 5.54. The number of nitrogens with zero attached hydrogens (tertiary/aromatic N) is 1. The molecule has 0 fully saturated rings. The number of nitro benzene ring substituents is 1. The molecule has 0 spiro atoms. The average molecular weight is 272 g/mol. The monoisotopic (exact) mass is 271 g/mol. The lowest BCUT2D eigenvalue weighted by Crippen LogP contribution is -2.25. The van der Waals surface area contributed by atoms with Crippen LogP contribution in [-0.4, -0.2) is 23.9 Å². The molecule has 0 saturated carbocycles. The van der Waals surface area contributed by atoms with Crippen molar-refractivity contribution in [1.29, 1.82) is 0 Å². The summed E-state index contributed by atoms with van der Waals surface area (Å²) in [5.41, 5.74) is 5.04. The number of unbranched alkanes of at least 4 members (excludes halogenated alkanes) is 1. The number of amides is 1. The maximum atomic E-state index is 11.8. The molecule has 0 aliphatic rings. The Bertz CT molecular complexity index is 451. The smallest absolute Gasteiger partial charge is 0.283 e. The molecule has 1 aromatic rings.